The lowest BCUT2D eigenvalue weighted by molar-refractivity contribution is 0.0636. The van der Waals surface area contributed by atoms with Crippen molar-refractivity contribution >= 4 is 11.8 Å². The number of carbonyl (C=O) groups is 1. The molecule has 0 aliphatic rings. The Balaban J connectivity index is 2.62. The molecule has 0 bridgehead atoms. The van der Waals surface area contributed by atoms with Crippen molar-refractivity contribution < 1.29 is 9.53 Å². The second-order valence-electron chi connectivity index (χ2n) is 4.99. The summed E-state index contributed by atoms with van der Waals surface area (Å²) in [5.74, 6) is 0. The van der Waals surface area contributed by atoms with Crippen molar-refractivity contribution in [3.05, 3.63) is 29.8 Å². The predicted molar refractivity (Wildman–Crippen MR) is 70.2 cm³/mol. The summed E-state index contributed by atoms with van der Waals surface area (Å²) in [6.45, 7) is 5.45. The molecule has 0 saturated heterocycles. The first-order chi connectivity index (χ1) is 8.40. The molecule has 4 nitrogen and oxygen atoms in total. The molecule has 0 unspecified atom stereocenters. The highest BCUT2D eigenvalue weighted by atomic mass is 16.6. The molecule has 18 heavy (non-hydrogen) atoms. The van der Waals surface area contributed by atoms with Crippen LogP contribution in [0.4, 0.5) is 10.5 Å². The number of anilines is 1. The lowest BCUT2D eigenvalue weighted by Crippen LogP contribution is -2.27. The van der Waals surface area contributed by atoms with Crippen LogP contribution < -0.4 is 5.32 Å². The van der Waals surface area contributed by atoms with Gasteiger partial charge >= 0.3 is 6.09 Å². The van der Waals surface area contributed by atoms with Crippen molar-refractivity contribution in [2.75, 3.05) is 5.32 Å². The highest BCUT2D eigenvalue weighted by molar-refractivity contribution is 5.84. The van der Waals surface area contributed by atoms with Crippen LogP contribution in [0, 0.1) is 11.3 Å². The second kappa shape index (κ2) is 6.06. The monoisotopic (exact) mass is 246 g/mol. The van der Waals surface area contributed by atoms with Crippen LogP contribution in [-0.2, 0) is 11.2 Å². The Morgan fingerprint density at radius 1 is 1.44 bits per heavy atom. The summed E-state index contributed by atoms with van der Waals surface area (Å²) in [4.78, 5) is 11.6. The molecule has 0 spiro atoms. The van der Waals surface area contributed by atoms with Crippen LogP contribution in [-0.4, -0.2) is 11.7 Å². The van der Waals surface area contributed by atoms with Crippen LogP contribution in [0.5, 0.6) is 0 Å². The third-order valence-electron chi connectivity index (χ3n) is 2.10. The number of carbonyl (C=O) groups excluding carboxylic acids is 1. The molecule has 0 saturated carbocycles. The Hall–Kier alpha value is -2.02. The fourth-order valence-electron chi connectivity index (χ4n) is 1.43. The third kappa shape index (κ3) is 5.35. The smallest absolute Gasteiger partial charge is 0.412 e. The maximum absolute atomic E-state index is 11.6. The lowest BCUT2D eigenvalue weighted by atomic mass is 10.1. The van der Waals surface area contributed by atoms with E-state index in [-0.39, 0.29) is 0 Å². The van der Waals surface area contributed by atoms with Crippen LogP contribution in [0.2, 0.25) is 0 Å². The van der Waals surface area contributed by atoms with Gasteiger partial charge in [-0.3, -0.25) is 5.32 Å². The zero-order valence-electron chi connectivity index (χ0n) is 11.0. The molecule has 0 aromatic heterocycles. The minimum absolute atomic E-state index is 0.468. The van der Waals surface area contributed by atoms with Gasteiger partial charge in [0, 0.05) is 12.1 Å². The zero-order valence-corrected chi connectivity index (χ0v) is 11.0. The first-order valence-electron chi connectivity index (χ1n) is 5.86. The first kappa shape index (κ1) is 14.0. The van der Waals surface area contributed by atoms with Crippen LogP contribution in [0.15, 0.2) is 24.3 Å². The summed E-state index contributed by atoms with van der Waals surface area (Å²) in [6, 6.07) is 9.51. The number of nitrogens with one attached hydrogen (secondary N) is 1. The third-order valence-corrected chi connectivity index (χ3v) is 2.10. The number of nitriles is 1. The van der Waals surface area contributed by atoms with Gasteiger partial charge < -0.3 is 4.74 Å². The van der Waals surface area contributed by atoms with Gasteiger partial charge in [0.05, 0.1) is 6.07 Å². The molecule has 0 radical (unpaired) electrons. The summed E-state index contributed by atoms with van der Waals surface area (Å²) in [5, 5.41) is 11.2. The van der Waals surface area contributed by atoms with Crippen LogP contribution in [0.3, 0.4) is 0 Å². The first-order valence-corrected chi connectivity index (χ1v) is 5.86. The zero-order chi connectivity index (χ0) is 13.6. The fourth-order valence-corrected chi connectivity index (χ4v) is 1.43. The predicted octanol–water partition coefficient (Wildman–Crippen LogP) is 3.49. The van der Waals surface area contributed by atoms with Crippen molar-refractivity contribution in [2.24, 2.45) is 0 Å². The number of aryl methyl sites for hydroxylation is 1. The maximum atomic E-state index is 11.6. The Morgan fingerprint density at radius 3 is 2.78 bits per heavy atom. The standard InChI is InChI=1S/C14H18N2O2/c1-14(2,3)18-13(17)16-12-8-4-6-11(10-12)7-5-9-15/h4,6,8,10H,5,7H2,1-3H3,(H,16,17). The summed E-state index contributed by atoms with van der Waals surface area (Å²) < 4.78 is 5.16. The fraction of sp³-hybridized carbons (Fsp3) is 0.429. The van der Waals surface area contributed by atoms with Gasteiger partial charge in [0.15, 0.2) is 0 Å². The quantitative estimate of drug-likeness (QED) is 0.888. The normalized spacial score (nSPS) is 10.6. The molecule has 0 aliphatic heterocycles. The lowest BCUT2D eigenvalue weighted by Gasteiger charge is -2.19. The van der Waals surface area contributed by atoms with E-state index in [9.17, 15) is 4.79 Å². The van der Waals surface area contributed by atoms with Gasteiger partial charge in [0.2, 0.25) is 0 Å². The Bertz CT molecular complexity index is 456. The average Bonchev–Trinajstić information content (AvgIpc) is 2.24. The van der Waals surface area contributed by atoms with Crippen molar-refractivity contribution in [3.8, 4) is 6.07 Å². The van der Waals surface area contributed by atoms with E-state index in [1.165, 1.54) is 0 Å². The highest BCUT2D eigenvalue weighted by Crippen LogP contribution is 2.14. The number of amides is 1. The molecule has 1 aromatic carbocycles. The van der Waals surface area contributed by atoms with Crippen molar-refractivity contribution in [1.82, 2.24) is 0 Å². The molecule has 0 aliphatic carbocycles. The van der Waals surface area contributed by atoms with E-state index in [2.05, 4.69) is 11.4 Å². The maximum Gasteiger partial charge on any atom is 0.412 e. The van der Waals surface area contributed by atoms with E-state index >= 15 is 0 Å². The Labute approximate surface area is 108 Å². The minimum Gasteiger partial charge on any atom is -0.444 e. The van der Waals surface area contributed by atoms with E-state index in [0.29, 0.717) is 18.5 Å². The van der Waals surface area contributed by atoms with Gasteiger partial charge in [-0.15, -0.1) is 0 Å². The van der Waals surface area contributed by atoms with E-state index in [4.69, 9.17) is 10.00 Å². The Kier molecular flexibility index (Phi) is 4.73. The largest absolute Gasteiger partial charge is 0.444 e. The topological polar surface area (TPSA) is 62.1 Å². The van der Waals surface area contributed by atoms with E-state index in [1.54, 1.807) is 6.07 Å². The summed E-state index contributed by atoms with van der Waals surface area (Å²) in [6.07, 6.45) is 0.677. The van der Waals surface area contributed by atoms with Gasteiger partial charge in [0.25, 0.3) is 0 Å². The molecule has 4 heteroatoms. The van der Waals surface area contributed by atoms with E-state index in [0.717, 1.165) is 5.56 Å². The van der Waals surface area contributed by atoms with E-state index in [1.807, 2.05) is 39.0 Å². The van der Waals surface area contributed by atoms with Crippen LogP contribution in [0.25, 0.3) is 0 Å². The van der Waals surface area contributed by atoms with Gasteiger partial charge in [-0.1, -0.05) is 12.1 Å². The molecule has 0 atom stereocenters. The molecule has 1 N–H and O–H groups in total. The van der Waals surface area contributed by atoms with Crippen molar-refractivity contribution in [3.63, 3.8) is 0 Å². The number of benzene rings is 1. The molecule has 1 rings (SSSR count). The van der Waals surface area contributed by atoms with Crippen LogP contribution >= 0.6 is 0 Å². The number of rotatable bonds is 3. The molecule has 1 amide bonds. The number of ether oxygens (including phenoxy) is 1. The van der Waals surface area contributed by atoms with Gasteiger partial charge in [0.1, 0.15) is 5.60 Å². The SMILES string of the molecule is CC(C)(C)OC(=O)Nc1cccc(CCC#N)c1. The van der Waals surface area contributed by atoms with Crippen LogP contribution in [0.1, 0.15) is 32.8 Å². The molecular weight excluding hydrogens is 228 g/mol. The number of nitrogens with zero attached hydrogens (tertiary/aromatic N) is 1. The van der Waals surface area contributed by atoms with Gasteiger partial charge in [-0.25, -0.2) is 4.79 Å². The molecule has 96 valence electrons. The average molecular weight is 246 g/mol. The molecule has 0 fully saturated rings. The Morgan fingerprint density at radius 2 is 2.17 bits per heavy atom. The number of hydrogen-bond acceptors (Lipinski definition) is 3. The summed E-state index contributed by atoms with van der Waals surface area (Å²) in [7, 11) is 0. The van der Waals surface area contributed by atoms with Gasteiger partial charge in [-0.2, -0.15) is 5.26 Å². The molecular formula is C14H18N2O2. The molecule has 0 heterocycles. The van der Waals surface area contributed by atoms with Gasteiger partial charge in [-0.05, 0) is 44.9 Å². The number of hydrogen-bond donors (Lipinski definition) is 1. The van der Waals surface area contributed by atoms with Crippen molar-refractivity contribution in [2.45, 2.75) is 39.2 Å². The summed E-state index contributed by atoms with van der Waals surface area (Å²) in [5.41, 5.74) is 1.19. The van der Waals surface area contributed by atoms with E-state index < -0.39 is 11.7 Å². The second-order valence-corrected chi connectivity index (χ2v) is 4.99. The minimum atomic E-state index is -0.511. The van der Waals surface area contributed by atoms with Crippen molar-refractivity contribution in [1.29, 1.82) is 5.26 Å². The summed E-state index contributed by atoms with van der Waals surface area (Å²) >= 11 is 0. The molecule has 1 aromatic rings. The highest BCUT2D eigenvalue weighted by Gasteiger charge is 2.16.